The topological polar surface area (TPSA) is 66.6 Å². The highest BCUT2D eigenvalue weighted by molar-refractivity contribution is 5.86. The number of carboxylic acid groups (broad SMARTS) is 1. The van der Waals surface area contributed by atoms with Gasteiger partial charge < -0.3 is 14.4 Å². The molecule has 0 aromatic carbocycles. The lowest BCUT2D eigenvalue weighted by Crippen LogP contribution is -2.22. The fourth-order valence-electron chi connectivity index (χ4n) is 1.71. The molecule has 0 saturated heterocycles. The molecule has 18 heavy (non-hydrogen) atoms. The summed E-state index contributed by atoms with van der Waals surface area (Å²) < 4.78 is 5.29. The molecule has 0 unspecified atom stereocenters. The Morgan fingerprint density at radius 3 is 2.94 bits per heavy atom. The quantitative estimate of drug-likeness (QED) is 0.877. The van der Waals surface area contributed by atoms with Crippen molar-refractivity contribution in [2.45, 2.75) is 13.5 Å². The molecule has 0 aliphatic carbocycles. The Kier molecular flexibility index (Phi) is 3.62. The first-order valence-corrected chi connectivity index (χ1v) is 5.67. The van der Waals surface area contributed by atoms with E-state index < -0.39 is 5.97 Å². The third kappa shape index (κ3) is 2.68. The summed E-state index contributed by atoms with van der Waals surface area (Å²) >= 11 is 0. The van der Waals surface area contributed by atoms with Crippen LogP contribution in [-0.2, 0) is 6.54 Å². The number of nitrogens with zero attached hydrogens (tertiary/aromatic N) is 2. The minimum atomic E-state index is -1.02. The molecule has 2 heterocycles. The van der Waals surface area contributed by atoms with E-state index in [0.29, 0.717) is 6.54 Å². The maximum Gasteiger partial charge on any atom is 0.354 e. The zero-order valence-corrected chi connectivity index (χ0v) is 10.0. The summed E-state index contributed by atoms with van der Waals surface area (Å²) in [6.07, 6.45) is 3.13. The van der Waals surface area contributed by atoms with Crippen molar-refractivity contribution in [2.24, 2.45) is 0 Å². The second-order valence-electron chi connectivity index (χ2n) is 3.80. The van der Waals surface area contributed by atoms with E-state index in [1.165, 1.54) is 6.20 Å². The normalized spacial score (nSPS) is 10.3. The summed E-state index contributed by atoms with van der Waals surface area (Å²) in [7, 11) is 0. The summed E-state index contributed by atoms with van der Waals surface area (Å²) in [6, 6.07) is 7.08. The number of hydrogen-bond donors (Lipinski definition) is 1. The highest BCUT2D eigenvalue weighted by Gasteiger charge is 2.10. The maximum atomic E-state index is 10.9. The summed E-state index contributed by atoms with van der Waals surface area (Å²) in [5.74, 6) is -0.184. The maximum absolute atomic E-state index is 10.9. The van der Waals surface area contributed by atoms with Crippen molar-refractivity contribution in [1.29, 1.82) is 0 Å². The molecule has 5 nitrogen and oxygen atoms in total. The van der Waals surface area contributed by atoms with Gasteiger partial charge in [-0.25, -0.2) is 9.78 Å². The molecule has 5 heteroatoms. The van der Waals surface area contributed by atoms with Gasteiger partial charge in [0.25, 0.3) is 0 Å². The predicted octanol–water partition coefficient (Wildman–Crippen LogP) is 2.40. The fraction of sp³-hybridized carbons (Fsp3) is 0.231. The lowest BCUT2D eigenvalue weighted by molar-refractivity contribution is 0.0690. The second kappa shape index (κ2) is 5.35. The SMILES string of the molecule is CCN(Cc1ccco1)c1ccnc(C(=O)O)c1. The summed E-state index contributed by atoms with van der Waals surface area (Å²) in [5, 5.41) is 8.92. The van der Waals surface area contributed by atoms with Crippen LogP contribution in [-0.4, -0.2) is 22.6 Å². The second-order valence-corrected chi connectivity index (χ2v) is 3.80. The lowest BCUT2D eigenvalue weighted by Gasteiger charge is -2.21. The largest absolute Gasteiger partial charge is 0.477 e. The van der Waals surface area contributed by atoms with Crippen LogP contribution in [0.3, 0.4) is 0 Å². The molecule has 2 aromatic heterocycles. The summed E-state index contributed by atoms with van der Waals surface area (Å²) in [6.45, 7) is 3.36. The van der Waals surface area contributed by atoms with Crippen LogP contribution in [0.25, 0.3) is 0 Å². The van der Waals surface area contributed by atoms with Gasteiger partial charge in [0.2, 0.25) is 0 Å². The number of furan rings is 1. The van der Waals surface area contributed by atoms with Crippen LogP contribution in [0.4, 0.5) is 5.69 Å². The Bertz CT molecular complexity index is 523. The first-order chi connectivity index (χ1) is 8.70. The molecule has 2 aromatic rings. The predicted molar refractivity (Wildman–Crippen MR) is 66.6 cm³/mol. The van der Waals surface area contributed by atoms with Crippen LogP contribution >= 0.6 is 0 Å². The average molecular weight is 246 g/mol. The summed E-state index contributed by atoms with van der Waals surface area (Å²) in [5.41, 5.74) is 0.867. The van der Waals surface area contributed by atoms with E-state index in [1.54, 1.807) is 18.4 Å². The smallest absolute Gasteiger partial charge is 0.354 e. The van der Waals surface area contributed by atoms with Crippen LogP contribution in [0.5, 0.6) is 0 Å². The number of carbonyl (C=O) groups is 1. The van der Waals surface area contributed by atoms with Gasteiger partial charge >= 0.3 is 5.97 Å². The van der Waals surface area contributed by atoms with Gasteiger partial charge in [0.05, 0.1) is 12.8 Å². The lowest BCUT2D eigenvalue weighted by atomic mass is 10.2. The van der Waals surface area contributed by atoms with E-state index in [9.17, 15) is 4.79 Å². The van der Waals surface area contributed by atoms with Crippen molar-refractivity contribution in [3.63, 3.8) is 0 Å². The molecule has 0 bridgehead atoms. The molecular weight excluding hydrogens is 232 g/mol. The van der Waals surface area contributed by atoms with Gasteiger partial charge in [-0.1, -0.05) is 0 Å². The van der Waals surface area contributed by atoms with Crippen molar-refractivity contribution in [1.82, 2.24) is 4.98 Å². The molecule has 0 aliphatic heterocycles. The first-order valence-electron chi connectivity index (χ1n) is 5.67. The van der Waals surface area contributed by atoms with Crippen molar-refractivity contribution in [2.75, 3.05) is 11.4 Å². The minimum Gasteiger partial charge on any atom is -0.477 e. The van der Waals surface area contributed by atoms with E-state index >= 15 is 0 Å². The zero-order chi connectivity index (χ0) is 13.0. The molecule has 0 aliphatic rings. The molecule has 0 saturated carbocycles. The number of pyridine rings is 1. The van der Waals surface area contributed by atoms with Crippen LogP contribution in [0, 0.1) is 0 Å². The van der Waals surface area contributed by atoms with Gasteiger partial charge in [0, 0.05) is 18.4 Å². The van der Waals surface area contributed by atoms with Gasteiger partial charge in [0.15, 0.2) is 0 Å². The Morgan fingerprint density at radius 1 is 1.50 bits per heavy atom. The van der Waals surface area contributed by atoms with Crippen molar-refractivity contribution in [3.05, 3.63) is 48.2 Å². The minimum absolute atomic E-state index is 0.0467. The van der Waals surface area contributed by atoms with Crippen molar-refractivity contribution >= 4 is 11.7 Å². The number of carboxylic acids is 1. The third-order valence-electron chi connectivity index (χ3n) is 2.64. The Hall–Kier alpha value is -2.30. The first kappa shape index (κ1) is 12.2. The third-order valence-corrected chi connectivity index (χ3v) is 2.64. The molecule has 0 atom stereocenters. The summed E-state index contributed by atoms with van der Waals surface area (Å²) in [4.78, 5) is 16.7. The van der Waals surface area contributed by atoms with E-state index in [4.69, 9.17) is 9.52 Å². The van der Waals surface area contributed by atoms with Crippen LogP contribution in [0.15, 0.2) is 41.1 Å². The zero-order valence-electron chi connectivity index (χ0n) is 10.0. The van der Waals surface area contributed by atoms with E-state index in [2.05, 4.69) is 4.98 Å². The molecule has 94 valence electrons. The standard InChI is InChI=1S/C13H14N2O3/c1-2-15(9-11-4-3-7-18-11)10-5-6-14-12(8-10)13(16)17/h3-8H,2,9H2,1H3,(H,16,17). The van der Waals surface area contributed by atoms with E-state index in [1.807, 2.05) is 24.0 Å². The highest BCUT2D eigenvalue weighted by Crippen LogP contribution is 2.17. The van der Waals surface area contributed by atoms with E-state index in [0.717, 1.165) is 18.0 Å². The molecule has 1 N–H and O–H groups in total. The van der Waals surface area contributed by atoms with Crippen LogP contribution in [0.2, 0.25) is 0 Å². The Labute approximate surface area is 105 Å². The molecule has 2 rings (SSSR count). The number of aromatic carboxylic acids is 1. The number of rotatable bonds is 5. The van der Waals surface area contributed by atoms with Gasteiger partial charge in [-0.05, 0) is 31.2 Å². The number of hydrogen-bond acceptors (Lipinski definition) is 4. The van der Waals surface area contributed by atoms with Gasteiger partial charge in [-0.3, -0.25) is 0 Å². The van der Waals surface area contributed by atoms with Gasteiger partial charge in [-0.2, -0.15) is 0 Å². The number of aromatic nitrogens is 1. The van der Waals surface area contributed by atoms with Crippen molar-refractivity contribution in [3.8, 4) is 0 Å². The average Bonchev–Trinajstić information content (AvgIpc) is 2.89. The Morgan fingerprint density at radius 2 is 2.33 bits per heavy atom. The van der Waals surface area contributed by atoms with Gasteiger partial charge in [-0.15, -0.1) is 0 Å². The monoisotopic (exact) mass is 246 g/mol. The fourth-order valence-corrected chi connectivity index (χ4v) is 1.71. The highest BCUT2D eigenvalue weighted by atomic mass is 16.4. The van der Waals surface area contributed by atoms with Gasteiger partial charge in [0.1, 0.15) is 11.5 Å². The molecule has 0 radical (unpaired) electrons. The molecule has 0 spiro atoms. The Balaban J connectivity index is 2.21. The molecule has 0 amide bonds. The number of anilines is 1. The van der Waals surface area contributed by atoms with Crippen molar-refractivity contribution < 1.29 is 14.3 Å². The van der Waals surface area contributed by atoms with E-state index in [-0.39, 0.29) is 5.69 Å². The van der Waals surface area contributed by atoms with Crippen LogP contribution in [0.1, 0.15) is 23.2 Å². The molecular formula is C13H14N2O3. The molecule has 0 fully saturated rings. The van der Waals surface area contributed by atoms with Crippen LogP contribution < -0.4 is 4.90 Å².